The third kappa shape index (κ3) is 2.44. The standard InChI is InChI=1S/C12H16N2O4/c1-8(15)9-2-3-11(12(6-9)14(17)18)13-5-4-10(16)7-13/h2-3,6,8,10,15-16H,4-5,7H2,1H3. The van der Waals surface area contributed by atoms with E-state index in [0.717, 1.165) is 0 Å². The molecule has 6 heteroatoms. The van der Waals surface area contributed by atoms with E-state index in [1.54, 1.807) is 24.0 Å². The van der Waals surface area contributed by atoms with Crippen molar-refractivity contribution >= 4 is 11.4 Å². The lowest BCUT2D eigenvalue weighted by Crippen LogP contribution is -2.22. The quantitative estimate of drug-likeness (QED) is 0.624. The minimum atomic E-state index is -0.734. The largest absolute Gasteiger partial charge is 0.391 e. The van der Waals surface area contributed by atoms with E-state index in [0.29, 0.717) is 30.8 Å². The summed E-state index contributed by atoms with van der Waals surface area (Å²) in [5.41, 5.74) is 0.994. The summed E-state index contributed by atoms with van der Waals surface area (Å²) in [6.07, 6.45) is -0.544. The maximum absolute atomic E-state index is 11.1. The van der Waals surface area contributed by atoms with E-state index >= 15 is 0 Å². The van der Waals surface area contributed by atoms with Crippen molar-refractivity contribution in [1.82, 2.24) is 0 Å². The normalized spacial score (nSPS) is 21.1. The molecule has 0 spiro atoms. The fourth-order valence-electron chi connectivity index (χ4n) is 2.17. The van der Waals surface area contributed by atoms with Gasteiger partial charge in [0, 0.05) is 19.2 Å². The van der Waals surface area contributed by atoms with Crippen LogP contribution in [0.4, 0.5) is 11.4 Å². The molecule has 2 unspecified atom stereocenters. The maximum atomic E-state index is 11.1. The molecule has 1 fully saturated rings. The number of anilines is 1. The second kappa shape index (κ2) is 4.91. The van der Waals surface area contributed by atoms with Gasteiger partial charge in [-0.15, -0.1) is 0 Å². The van der Waals surface area contributed by atoms with E-state index in [1.165, 1.54) is 6.07 Å². The smallest absolute Gasteiger partial charge is 0.292 e. The Hall–Kier alpha value is -1.66. The van der Waals surface area contributed by atoms with Crippen molar-refractivity contribution in [2.45, 2.75) is 25.6 Å². The third-order valence-corrected chi connectivity index (χ3v) is 3.18. The Bertz CT molecular complexity index is 461. The van der Waals surface area contributed by atoms with Gasteiger partial charge in [0.05, 0.1) is 17.1 Å². The molecule has 0 aromatic heterocycles. The van der Waals surface area contributed by atoms with Gasteiger partial charge in [-0.1, -0.05) is 6.07 Å². The Morgan fingerprint density at radius 2 is 2.28 bits per heavy atom. The highest BCUT2D eigenvalue weighted by atomic mass is 16.6. The number of aliphatic hydroxyl groups excluding tert-OH is 2. The molecule has 1 saturated heterocycles. The highest BCUT2D eigenvalue weighted by Crippen LogP contribution is 2.33. The number of nitrogens with zero attached hydrogens (tertiary/aromatic N) is 2. The number of nitro benzene ring substituents is 1. The maximum Gasteiger partial charge on any atom is 0.292 e. The molecule has 0 saturated carbocycles. The molecule has 1 aromatic rings. The van der Waals surface area contributed by atoms with Gasteiger partial charge in [0.25, 0.3) is 5.69 Å². The van der Waals surface area contributed by atoms with Gasteiger partial charge in [-0.05, 0) is 25.0 Å². The molecule has 1 aromatic carbocycles. The van der Waals surface area contributed by atoms with Gasteiger partial charge in [-0.2, -0.15) is 0 Å². The highest BCUT2D eigenvalue weighted by molar-refractivity contribution is 5.65. The van der Waals surface area contributed by atoms with Crippen molar-refractivity contribution in [3.05, 3.63) is 33.9 Å². The number of β-amino-alcohol motifs (C(OH)–C–C–N with tert-alkyl or cyclic N) is 1. The number of benzene rings is 1. The topological polar surface area (TPSA) is 86.8 Å². The van der Waals surface area contributed by atoms with E-state index < -0.39 is 17.1 Å². The molecular weight excluding hydrogens is 236 g/mol. The van der Waals surface area contributed by atoms with Gasteiger partial charge in [-0.25, -0.2) is 0 Å². The zero-order chi connectivity index (χ0) is 13.3. The van der Waals surface area contributed by atoms with E-state index in [9.17, 15) is 20.3 Å². The predicted molar refractivity (Wildman–Crippen MR) is 66.6 cm³/mol. The van der Waals surface area contributed by atoms with E-state index in [-0.39, 0.29) is 5.69 Å². The summed E-state index contributed by atoms with van der Waals surface area (Å²) in [4.78, 5) is 12.4. The van der Waals surface area contributed by atoms with Crippen LogP contribution in [-0.4, -0.2) is 34.3 Å². The van der Waals surface area contributed by atoms with Gasteiger partial charge in [-0.3, -0.25) is 10.1 Å². The Morgan fingerprint density at radius 1 is 1.56 bits per heavy atom. The predicted octanol–water partition coefficient (Wildman–Crippen LogP) is 1.22. The van der Waals surface area contributed by atoms with Crippen LogP contribution in [0, 0.1) is 10.1 Å². The van der Waals surface area contributed by atoms with Gasteiger partial charge >= 0.3 is 0 Å². The zero-order valence-corrected chi connectivity index (χ0v) is 10.1. The van der Waals surface area contributed by atoms with Gasteiger partial charge in [0.15, 0.2) is 0 Å². The number of nitro groups is 1. The Kier molecular flexibility index (Phi) is 3.49. The monoisotopic (exact) mass is 252 g/mol. The lowest BCUT2D eigenvalue weighted by Gasteiger charge is -2.18. The first kappa shape index (κ1) is 12.8. The minimum absolute atomic E-state index is 0.0255. The van der Waals surface area contributed by atoms with Crippen molar-refractivity contribution < 1.29 is 15.1 Å². The SMILES string of the molecule is CC(O)c1ccc(N2CCC(O)C2)c([N+](=O)[O-])c1. The summed E-state index contributed by atoms with van der Waals surface area (Å²) in [5, 5.41) is 30.0. The average molecular weight is 252 g/mol. The highest BCUT2D eigenvalue weighted by Gasteiger charge is 2.26. The van der Waals surface area contributed by atoms with E-state index in [4.69, 9.17) is 0 Å². The lowest BCUT2D eigenvalue weighted by atomic mass is 10.1. The Labute approximate surface area is 105 Å². The molecule has 1 aliphatic heterocycles. The van der Waals surface area contributed by atoms with Crippen molar-refractivity contribution in [1.29, 1.82) is 0 Å². The third-order valence-electron chi connectivity index (χ3n) is 3.18. The molecule has 2 rings (SSSR count). The zero-order valence-electron chi connectivity index (χ0n) is 10.1. The van der Waals surface area contributed by atoms with Gasteiger partial charge in [0.1, 0.15) is 5.69 Å². The number of rotatable bonds is 3. The van der Waals surface area contributed by atoms with Gasteiger partial charge < -0.3 is 15.1 Å². The van der Waals surface area contributed by atoms with Crippen molar-refractivity contribution in [2.24, 2.45) is 0 Å². The fourth-order valence-corrected chi connectivity index (χ4v) is 2.17. The van der Waals surface area contributed by atoms with Crippen molar-refractivity contribution in [3.63, 3.8) is 0 Å². The van der Waals surface area contributed by atoms with E-state index in [2.05, 4.69) is 0 Å². The Balaban J connectivity index is 2.38. The molecule has 6 nitrogen and oxygen atoms in total. The first-order chi connectivity index (χ1) is 8.49. The molecular formula is C12H16N2O4. The van der Waals surface area contributed by atoms with Gasteiger partial charge in [0.2, 0.25) is 0 Å². The summed E-state index contributed by atoms with van der Waals surface area (Å²) in [6.45, 7) is 2.59. The molecule has 0 bridgehead atoms. The number of hydrogen-bond acceptors (Lipinski definition) is 5. The first-order valence-corrected chi connectivity index (χ1v) is 5.88. The van der Waals surface area contributed by atoms with Crippen LogP contribution in [0.2, 0.25) is 0 Å². The van der Waals surface area contributed by atoms with Crippen molar-refractivity contribution in [3.8, 4) is 0 Å². The summed E-state index contributed by atoms with van der Waals surface area (Å²) >= 11 is 0. The van der Waals surface area contributed by atoms with Crippen LogP contribution in [0.3, 0.4) is 0 Å². The second-order valence-electron chi connectivity index (χ2n) is 4.57. The molecule has 1 aliphatic rings. The lowest BCUT2D eigenvalue weighted by molar-refractivity contribution is -0.384. The molecule has 0 amide bonds. The van der Waals surface area contributed by atoms with E-state index in [1.807, 2.05) is 0 Å². The fraction of sp³-hybridized carbons (Fsp3) is 0.500. The van der Waals surface area contributed by atoms with Crippen LogP contribution in [-0.2, 0) is 0 Å². The van der Waals surface area contributed by atoms with Crippen molar-refractivity contribution in [2.75, 3.05) is 18.0 Å². The van der Waals surface area contributed by atoms with Crippen LogP contribution in [0.1, 0.15) is 25.0 Å². The molecule has 18 heavy (non-hydrogen) atoms. The number of aliphatic hydroxyl groups is 2. The van der Waals surface area contributed by atoms with Crippen LogP contribution in [0.5, 0.6) is 0 Å². The molecule has 0 radical (unpaired) electrons. The summed E-state index contributed by atoms with van der Waals surface area (Å²) in [6, 6.07) is 4.71. The summed E-state index contributed by atoms with van der Waals surface area (Å²) in [5.74, 6) is 0. The number of hydrogen-bond donors (Lipinski definition) is 2. The van der Waals surface area contributed by atoms with Crippen LogP contribution in [0.15, 0.2) is 18.2 Å². The molecule has 98 valence electrons. The summed E-state index contributed by atoms with van der Waals surface area (Å²) in [7, 11) is 0. The molecule has 2 N–H and O–H groups in total. The minimum Gasteiger partial charge on any atom is -0.391 e. The Morgan fingerprint density at radius 3 is 2.78 bits per heavy atom. The second-order valence-corrected chi connectivity index (χ2v) is 4.57. The van der Waals surface area contributed by atoms with Crippen LogP contribution in [0.25, 0.3) is 0 Å². The van der Waals surface area contributed by atoms with Crippen LogP contribution >= 0.6 is 0 Å². The molecule has 1 heterocycles. The first-order valence-electron chi connectivity index (χ1n) is 5.88. The average Bonchev–Trinajstić information content (AvgIpc) is 2.74. The molecule has 0 aliphatic carbocycles. The summed E-state index contributed by atoms with van der Waals surface area (Å²) < 4.78 is 0. The molecule has 2 atom stereocenters. The van der Waals surface area contributed by atoms with Crippen LogP contribution < -0.4 is 4.90 Å².